The van der Waals surface area contributed by atoms with E-state index in [9.17, 15) is 0 Å². The Kier molecular flexibility index (Phi) is 5.39. The van der Waals surface area contributed by atoms with Crippen molar-refractivity contribution >= 4 is 0 Å². The Morgan fingerprint density at radius 3 is 2.20 bits per heavy atom. The second kappa shape index (κ2) is 7.26. The van der Waals surface area contributed by atoms with Gasteiger partial charge in [0.25, 0.3) is 0 Å². The van der Waals surface area contributed by atoms with Gasteiger partial charge in [0.2, 0.25) is 0 Å². The lowest BCUT2D eigenvalue weighted by Gasteiger charge is -2.49. The van der Waals surface area contributed by atoms with Crippen LogP contribution in [-0.2, 0) is 0 Å². The van der Waals surface area contributed by atoms with Gasteiger partial charge in [0.05, 0.1) is 0 Å². The van der Waals surface area contributed by atoms with E-state index in [1.54, 1.807) is 0 Å². The predicted octanol–water partition coefficient (Wildman–Crippen LogP) is 3.95. The minimum Gasteiger partial charge on any atom is -0.311 e. The highest BCUT2D eigenvalue weighted by atomic mass is 15.3. The van der Waals surface area contributed by atoms with Gasteiger partial charge in [-0.05, 0) is 38.0 Å². The third kappa shape index (κ3) is 3.39. The minimum absolute atomic E-state index is 0.747. The van der Waals surface area contributed by atoms with E-state index in [2.05, 4.69) is 17.1 Å². The molecule has 3 aliphatic rings. The van der Waals surface area contributed by atoms with Crippen molar-refractivity contribution < 1.29 is 0 Å². The summed E-state index contributed by atoms with van der Waals surface area (Å²) in [6.07, 6.45) is 16.1. The summed E-state index contributed by atoms with van der Waals surface area (Å²) in [5.74, 6) is 0.982. The average molecular weight is 278 g/mol. The lowest BCUT2D eigenvalue weighted by atomic mass is 9.80. The van der Waals surface area contributed by atoms with Gasteiger partial charge in [-0.1, -0.05) is 45.4 Å². The molecule has 0 amide bonds. The molecule has 1 heterocycles. The zero-order valence-electron chi connectivity index (χ0n) is 13.4. The number of nitrogens with one attached hydrogen (secondary N) is 1. The molecule has 0 aromatic rings. The van der Waals surface area contributed by atoms with E-state index in [4.69, 9.17) is 0 Å². The Balaban J connectivity index is 1.68. The molecule has 2 saturated carbocycles. The molecule has 2 heteroatoms. The van der Waals surface area contributed by atoms with E-state index >= 15 is 0 Å². The van der Waals surface area contributed by atoms with Crippen LogP contribution in [0.25, 0.3) is 0 Å². The van der Waals surface area contributed by atoms with Crippen LogP contribution in [0.4, 0.5) is 0 Å². The normalized spacial score (nSPS) is 35.2. The monoisotopic (exact) mass is 278 g/mol. The van der Waals surface area contributed by atoms with Gasteiger partial charge in [-0.3, -0.25) is 4.90 Å². The summed E-state index contributed by atoms with van der Waals surface area (Å²) in [7, 11) is 0. The van der Waals surface area contributed by atoms with Gasteiger partial charge in [-0.25, -0.2) is 0 Å². The van der Waals surface area contributed by atoms with Crippen molar-refractivity contribution in [2.45, 2.75) is 95.7 Å². The van der Waals surface area contributed by atoms with Gasteiger partial charge in [0, 0.05) is 31.2 Å². The maximum atomic E-state index is 3.84. The summed E-state index contributed by atoms with van der Waals surface area (Å²) in [6.45, 7) is 4.93. The molecule has 20 heavy (non-hydrogen) atoms. The Hall–Kier alpha value is -0.0800. The first-order valence-electron chi connectivity index (χ1n) is 9.37. The predicted molar refractivity (Wildman–Crippen MR) is 86.0 cm³/mol. The molecule has 116 valence electrons. The number of rotatable bonds is 3. The van der Waals surface area contributed by atoms with Gasteiger partial charge >= 0.3 is 0 Å². The second-order valence-electron chi connectivity index (χ2n) is 7.47. The molecule has 2 atom stereocenters. The quantitative estimate of drug-likeness (QED) is 0.841. The number of piperazine rings is 1. The van der Waals surface area contributed by atoms with Gasteiger partial charge in [-0.2, -0.15) is 0 Å². The first-order valence-corrected chi connectivity index (χ1v) is 9.37. The maximum absolute atomic E-state index is 3.84. The molecule has 1 saturated heterocycles. The van der Waals surface area contributed by atoms with Gasteiger partial charge in [0.1, 0.15) is 0 Å². The van der Waals surface area contributed by atoms with Crippen LogP contribution in [0.15, 0.2) is 0 Å². The molecule has 3 rings (SSSR count). The number of nitrogens with zero attached hydrogens (tertiary/aromatic N) is 1. The van der Waals surface area contributed by atoms with Crippen LogP contribution in [0.2, 0.25) is 0 Å². The standard InChI is InChI=1S/C18H34N2/c1-2-16-14-20(17-11-7-4-8-12-17)18(13-19-16)15-9-5-3-6-10-15/h15-19H,2-14H2,1H3. The third-order valence-corrected chi connectivity index (χ3v) is 6.20. The Morgan fingerprint density at radius 2 is 1.55 bits per heavy atom. The molecule has 2 nitrogen and oxygen atoms in total. The third-order valence-electron chi connectivity index (χ3n) is 6.20. The number of hydrogen-bond acceptors (Lipinski definition) is 2. The first kappa shape index (κ1) is 14.8. The van der Waals surface area contributed by atoms with Crippen LogP contribution in [0.1, 0.15) is 77.6 Å². The fourth-order valence-corrected chi connectivity index (χ4v) is 4.92. The molecule has 0 bridgehead atoms. The zero-order valence-corrected chi connectivity index (χ0v) is 13.4. The van der Waals surface area contributed by atoms with Crippen molar-refractivity contribution in [2.75, 3.05) is 13.1 Å². The van der Waals surface area contributed by atoms with E-state index in [0.717, 1.165) is 24.0 Å². The molecule has 2 unspecified atom stereocenters. The molecule has 3 fully saturated rings. The first-order chi connectivity index (χ1) is 9.88. The molecule has 0 aromatic carbocycles. The van der Waals surface area contributed by atoms with E-state index in [1.807, 2.05) is 0 Å². The summed E-state index contributed by atoms with van der Waals surface area (Å²) in [6, 6.07) is 2.50. The summed E-state index contributed by atoms with van der Waals surface area (Å²) in [5.41, 5.74) is 0. The Labute approximate surface area is 125 Å². The SMILES string of the molecule is CCC1CN(C2CCCCC2)C(C2CCCCC2)CN1. The van der Waals surface area contributed by atoms with Crippen LogP contribution in [-0.4, -0.2) is 36.1 Å². The van der Waals surface area contributed by atoms with E-state index in [0.29, 0.717) is 0 Å². The molecule has 0 spiro atoms. The van der Waals surface area contributed by atoms with E-state index < -0.39 is 0 Å². The summed E-state index contributed by atoms with van der Waals surface area (Å²) in [5, 5.41) is 3.84. The smallest absolute Gasteiger partial charge is 0.0252 e. The highest BCUT2D eigenvalue weighted by Gasteiger charge is 2.37. The highest BCUT2D eigenvalue weighted by Crippen LogP contribution is 2.34. The summed E-state index contributed by atoms with van der Waals surface area (Å²) < 4.78 is 0. The second-order valence-corrected chi connectivity index (χ2v) is 7.47. The molecular weight excluding hydrogens is 244 g/mol. The van der Waals surface area contributed by atoms with Crippen molar-refractivity contribution in [1.29, 1.82) is 0 Å². The van der Waals surface area contributed by atoms with E-state index in [1.165, 1.54) is 83.7 Å². The fourth-order valence-electron chi connectivity index (χ4n) is 4.92. The van der Waals surface area contributed by atoms with Crippen LogP contribution >= 0.6 is 0 Å². The summed E-state index contributed by atoms with van der Waals surface area (Å²) in [4.78, 5) is 2.97. The molecular formula is C18H34N2. The molecule has 0 aromatic heterocycles. The van der Waals surface area contributed by atoms with Crippen molar-refractivity contribution in [2.24, 2.45) is 5.92 Å². The topological polar surface area (TPSA) is 15.3 Å². The van der Waals surface area contributed by atoms with Crippen molar-refractivity contribution in [3.8, 4) is 0 Å². The molecule has 1 aliphatic heterocycles. The Bertz CT molecular complexity index is 279. The Morgan fingerprint density at radius 1 is 0.900 bits per heavy atom. The van der Waals surface area contributed by atoms with Gasteiger partial charge < -0.3 is 5.32 Å². The van der Waals surface area contributed by atoms with Crippen molar-refractivity contribution in [3.05, 3.63) is 0 Å². The fraction of sp³-hybridized carbons (Fsp3) is 1.00. The lowest BCUT2D eigenvalue weighted by Crippen LogP contribution is -2.61. The largest absolute Gasteiger partial charge is 0.311 e. The van der Waals surface area contributed by atoms with E-state index in [-0.39, 0.29) is 0 Å². The van der Waals surface area contributed by atoms with Crippen LogP contribution in [0.3, 0.4) is 0 Å². The summed E-state index contributed by atoms with van der Waals surface area (Å²) >= 11 is 0. The average Bonchev–Trinajstić information content (AvgIpc) is 2.56. The zero-order chi connectivity index (χ0) is 13.8. The maximum Gasteiger partial charge on any atom is 0.0252 e. The minimum atomic E-state index is 0.747. The van der Waals surface area contributed by atoms with Crippen molar-refractivity contribution in [3.63, 3.8) is 0 Å². The van der Waals surface area contributed by atoms with Crippen LogP contribution in [0, 0.1) is 5.92 Å². The number of hydrogen-bond donors (Lipinski definition) is 1. The molecule has 2 aliphatic carbocycles. The van der Waals surface area contributed by atoms with Crippen molar-refractivity contribution in [1.82, 2.24) is 10.2 Å². The molecule has 1 N–H and O–H groups in total. The lowest BCUT2D eigenvalue weighted by molar-refractivity contribution is 0.0210. The van der Waals surface area contributed by atoms with Crippen LogP contribution < -0.4 is 5.32 Å². The molecule has 0 radical (unpaired) electrons. The highest BCUT2D eigenvalue weighted by molar-refractivity contribution is 4.94. The van der Waals surface area contributed by atoms with Gasteiger partial charge in [-0.15, -0.1) is 0 Å². The van der Waals surface area contributed by atoms with Crippen LogP contribution in [0.5, 0.6) is 0 Å². The van der Waals surface area contributed by atoms with Gasteiger partial charge in [0.15, 0.2) is 0 Å².